The lowest BCUT2D eigenvalue weighted by Crippen LogP contribution is -2.13. The Labute approximate surface area is 120 Å². The normalized spacial score (nSPS) is 10.7. The van der Waals surface area contributed by atoms with Gasteiger partial charge in [-0.2, -0.15) is 16.6 Å². The van der Waals surface area contributed by atoms with Crippen LogP contribution in [0.2, 0.25) is 0 Å². The van der Waals surface area contributed by atoms with E-state index in [4.69, 9.17) is 10.00 Å². The number of rotatable bonds is 4. The van der Waals surface area contributed by atoms with Crippen molar-refractivity contribution in [1.29, 1.82) is 5.26 Å². The van der Waals surface area contributed by atoms with E-state index < -0.39 is 5.91 Å². The van der Waals surface area contributed by atoms with Gasteiger partial charge in [-0.3, -0.25) is 4.79 Å². The van der Waals surface area contributed by atoms with Gasteiger partial charge in [0.1, 0.15) is 17.4 Å². The Morgan fingerprint density at radius 2 is 2.10 bits per heavy atom. The van der Waals surface area contributed by atoms with Crippen LogP contribution >= 0.6 is 11.3 Å². The van der Waals surface area contributed by atoms with Gasteiger partial charge in [0.25, 0.3) is 5.91 Å². The van der Waals surface area contributed by atoms with Crippen LogP contribution in [0.1, 0.15) is 5.56 Å². The number of anilines is 1. The Morgan fingerprint density at radius 3 is 2.65 bits per heavy atom. The summed E-state index contributed by atoms with van der Waals surface area (Å²) in [5, 5.41) is 15.5. The van der Waals surface area contributed by atoms with Crippen molar-refractivity contribution in [3.63, 3.8) is 0 Å². The molecule has 100 valence electrons. The van der Waals surface area contributed by atoms with Crippen LogP contribution in [0.25, 0.3) is 6.08 Å². The number of nitrogens with zero attached hydrogens (tertiary/aromatic N) is 1. The number of nitrogens with one attached hydrogen (secondary N) is 1. The van der Waals surface area contributed by atoms with Crippen molar-refractivity contribution in [2.45, 2.75) is 0 Å². The molecule has 1 aromatic heterocycles. The number of hydrogen-bond donors (Lipinski definition) is 1. The molecule has 5 heteroatoms. The Hall–Kier alpha value is -2.58. The maximum absolute atomic E-state index is 12.0. The number of carbonyl (C=O) groups excluding carboxylic acids is 1. The summed E-state index contributed by atoms with van der Waals surface area (Å²) in [6.45, 7) is 0. The standard InChI is InChI=1S/C15H12N2O2S/c1-19-14-4-2-13(3-5-14)17-15(18)12(9-16)8-11-6-7-20-10-11/h2-8,10H,1H3,(H,17,18)/b12-8-. The number of carbonyl (C=O) groups is 1. The van der Waals surface area contributed by atoms with E-state index in [2.05, 4.69) is 5.32 Å². The fourth-order valence-electron chi connectivity index (χ4n) is 1.55. The summed E-state index contributed by atoms with van der Waals surface area (Å²) < 4.78 is 5.04. The van der Waals surface area contributed by atoms with E-state index in [-0.39, 0.29) is 5.57 Å². The minimum absolute atomic E-state index is 0.0687. The van der Waals surface area contributed by atoms with Gasteiger partial charge in [0.05, 0.1) is 7.11 Å². The van der Waals surface area contributed by atoms with Crippen LogP contribution in [-0.4, -0.2) is 13.0 Å². The van der Waals surface area contributed by atoms with Crippen LogP contribution in [0.15, 0.2) is 46.7 Å². The summed E-state index contributed by atoms with van der Waals surface area (Å²) in [7, 11) is 1.57. The second-order valence-corrected chi connectivity index (χ2v) is 4.69. The molecule has 20 heavy (non-hydrogen) atoms. The molecule has 0 aliphatic rings. The van der Waals surface area contributed by atoms with Crippen LogP contribution < -0.4 is 10.1 Å². The third-order valence-electron chi connectivity index (χ3n) is 2.57. The van der Waals surface area contributed by atoms with Crippen molar-refractivity contribution < 1.29 is 9.53 Å². The molecule has 4 nitrogen and oxygen atoms in total. The van der Waals surface area contributed by atoms with Gasteiger partial charge in [0.15, 0.2) is 0 Å². The Kier molecular flexibility index (Phi) is 4.53. The maximum atomic E-state index is 12.0. The first kappa shape index (κ1) is 13.8. The number of methoxy groups -OCH3 is 1. The van der Waals surface area contributed by atoms with E-state index >= 15 is 0 Å². The third kappa shape index (κ3) is 3.46. The molecule has 0 atom stereocenters. The largest absolute Gasteiger partial charge is 0.497 e. The number of benzene rings is 1. The van der Waals surface area contributed by atoms with Crippen molar-refractivity contribution in [3.8, 4) is 11.8 Å². The smallest absolute Gasteiger partial charge is 0.266 e. The van der Waals surface area contributed by atoms with Crippen molar-refractivity contribution in [2.75, 3.05) is 12.4 Å². The lowest BCUT2D eigenvalue weighted by molar-refractivity contribution is -0.112. The lowest BCUT2D eigenvalue weighted by atomic mass is 10.2. The predicted octanol–water partition coefficient (Wildman–Crippen LogP) is 3.30. The minimum Gasteiger partial charge on any atom is -0.497 e. The Balaban J connectivity index is 2.11. The van der Waals surface area contributed by atoms with Gasteiger partial charge in [-0.1, -0.05) is 0 Å². The average molecular weight is 284 g/mol. The number of ether oxygens (including phenoxy) is 1. The minimum atomic E-state index is -0.427. The topological polar surface area (TPSA) is 62.1 Å². The van der Waals surface area contributed by atoms with Gasteiger partial charge in [-0.25, -0.2) is 0 Å². The first-order chi connectivity index (χ1) is 9.72. The first-order valence-corrected chi connectivity index (χ1v) is 6.76. The zero-order chi connectivity index (χ0) is 14.4. The molecule has 0 bridgehead atoms. The molecule has 1 N–H and O–H groups in total. The number of thiophene rings is 1. The Morgan fingerprint density at radius 1 is 1.35 bits per heavy atom. The number of hydrogen-bond acceptors (Lipinski definition) is 4. The van der Waals surface area contributed by atoms with E-state index in [1.165, 1.54) is 11.3 Å². The van der Waals surface area contributed by atoms with E-state index in [0.29, 0.717) is 11.4 Å². The second kappa shape index (κ2) is 6.55. The van der Waals surface area contributed by atoms with Crippen molar-refractivity contribution in [1.82, 2.24) is 0 Å². The molecule has 1 aromatic carbocycles. The van der Waals surface area contributed by atoms with Gasteiger partial charge >= 0.3 is 0 Å². The summed E-state index contributed by atoms with van der Waals surface area (Å²) in [5.74, 6) is 0.279. The molecule has 2 aromatic rings. The summed E-state index contributed by atoms with van der Waals surface area (Å²) in [6, 6.07) is 10.7. The zero-order valence-electron chi connectivity index (χ0n) is 10.8. The zero-order valence-corrected chi connectivity index (χ0v) is 11.6. The van der Waals surface area contributed by atoms with Crippen molar-refractivity contribution in [2.24, 2.45) is 0 Å². The third-order valence-corrected chi connectivity index (χ3v) is 3.27. The van der Waals surface area contributed by atoms with Gasteiger partial charge in [-0.05, 0) is 52.7 Å². The van der Waals surface area contributed by atoms with Crippen molar-refractivity contribution in [3.05, 3.63) is 52.2 Å². The highest BCUT2D eigenvalue weighted by molar-refractivity contribution is 7.08. The van der Waals surface area contributed by atoms with Gasteiger partial charge < -0.3 is 10.1 Å². The molecule has 0 unspecified atom stereocenters. The summed E-state index contributed by atoms with van der Waals surface area (Å²) in [4.78, 5) is 12.0. The molecule has 1 amide bonds. The summed E-state index contributed by atoms with van der Waals surface area (Å²) in [6.07, 6.45) is 1.56. The fraction of sp³-hybridized carbons (Fsp3) is 0.0667. The highest BCUT2D eigenvalue weighted by Gasteiger charge is 2.09. The van der Waals surface area contributed by atoms with Crippen LogP contribution in [0.4, 0.5) is 5.69 Å². The highest BCUT2D eigenvalue weighted by Crippen LogP contribution is 2.16. The molecule has 0 aliphatic heterocycles. The van der Waals surface area contributed by atoms with Crippen LogP contribution in [0, 0.1) is 11.3 Å². The first-order valence-electron chi connectivity index (χ1n) is 5.82. The highest BCUT2D eigenvalue weighted by atomic mass is 32.1. The quantitative estimate of drug-likeness (QED) is 0.692. The summed E-state index contributed by atoms with van der Waals surface area (Å²) >= 11 is 1.51. The second-order valence-electron chi connectivity index (χ2n) is 3.91. The van der Waals surface area contributed by atoms with E-state index in [1.54, 1.807) is 37.5 Å². The maximum Gasteiger partial charge on any atom is 0.266 e. The van der Waals surface area contributed by atoms with Crippen LogP contribution in [-0.2, 0) is 4.79 Å². The van der Waals surface area contributed by atoms with Crippen LogP contribution in [0.5, 0.6) is 5.75 Å². The monoisotopic (exact) mass is 284 g/mol. The number of nitriles is 1. The molecule has 0 saturated carbocycles. The van der Waals surface area contributed by atoms with Gasteiger partial charge in [0.2, 0.25) is 0 Å². The molecule has 0 radical (unpaired) electrons. The number of amides is 1. The molecule has 0 saturated heterocycles. The molecular weight excluding hydrogens is 272 g/mol. The van der Waals surface area contributed by atoms with Gasteiger partial charge in [-0.15, -0.1) is 0 Å². The Bertz CT molecular complexity index is 652. The van der Waals surface area contributed by atoms with E-state index in [9.17, 15) is 4.79 Å². The lowest BCUT2D eigenvalue weighted by Gasteiger charge is -2.05. The molecule has 0 fully saturated rings. The summed E-state index contributed by atoms with van der Waals surface area (Å²) in [5.41, 5.74) is 1.53. The molecule has 2 rings (SSSR count). The van der Waals surface area contributed by atoms with E-state index in [1.807, 2.05) is 22.9 Å². The van der Waals surface area contributed by atoms with Crippen molar-refractivity contribution >= 4 is 29.0 Å². The predicted molar refractivity (Wildman–Crippen MR) is 79.5 cm³/mol. The fourth-order valence-corrected chi connectivity index (χ4v) is 2.16. The average Bonchev–Trinajstić information content (AvgIpc) is 2.98. The molecule has 0 aliphatic carbocycles. The van der Waals surface area contributed by atoms with Crippen LogP contribution in [0.3, 0.4) is 0 Å². The molecular formula is C15H12N2O2S. The molecule has 1 heterocycles. The SMILES string of the molecule is COc1ccc(NC(=O)/C(C#N)=C\c2ccsc2)cc1. The molecule has 0 spiro atoms. The van der Waals surface area contributed by atoms with E-state index in [0.717, 1.165) is 5.56 Å². The van der Waals surface area contributed by atoms with Gasteiger partial charge in [0, 0.05) is 5.69 Å².